The number of thiazole rings is 1. The number of carbonyl (C=O) groups is 1. The Morgan fingerprint density at radius 3 is 2.57 bits per heavy atom. The van der Waals surface area contributed by atoms with E-state index in [2.05, 4.69) is 15.1 Å². The quantitative estimate of drug-likeness (QED) is 0.429. The molecule has 0 saturated carbocycles. The maximum atomic E-state index is 13.8. The molecule has 0 fully saturated rings. The predicted octanol–water partition coefficient (Wildman–Crippen LogP) is 5.41. The Labute approximate surface area is 177 Å². The summed E-state index contributed by atoms with van der Waals surface area (Å²) < 4.78 is 18.9. The number of hydrogen-bond acceptors (Lipinski definition) is 6. The van der Waals surface area contributed by atoms with Gasteiger partial charge in [0.25, 0.3) is 11.6 Å². The normalized spacial score (nSPS) is 11.4. The summed E-state index contributed by atoms with van der Waals surface area (Å²) in [6.45, 7) is 7.97. The van der Waals surface area contributed by atoms with Crippen LogP contribution in [0.2, 0.25) is 0 Å². The van der Waals surface area contributed by atoms with Gasteiger partial charge in [-0.05, 0) is 50.1 Å². The van der Waals surface area contributed by atoms with Gasteiger partial charge in [0.05, 0.1) is 33.9 Å². The van der Waals surface area contributed by atoms with Crippen molar-refractivity contribution in [3.63, 3.8) is 0 Å². The zero-order chi connectivity index (χ0) is 21.4. The Balaban J connectivity index is 1.85. The summed E-state index contributed by atoms with van der Waals surface area (Å²) in [6.07, 6.45) is 0. The molecule has 0 aliphatic rings. The standard InChI is InChI=1S/C22H21FN4O2S/c1-12(2)19-9-18(20-13(3)26-29-21(20)25-19)22(28)27(10-16-11-30-14(4)24-16)17-7-5-15(23)6-8-17/h5-9,11-12H,10H2,1-4H3. The third-order valence-electron chi connectivity index (χ3n) is 4.83. The third-order valence-corrected chi connectivity index (χ3v) is 5.65. The predicted molar refractivity (Wildman–Crippen MR) is 114 cm³/mol. The zero-order valence-electron chi connectivity index (χ0n) is 17.1. The molecule has 0 saturated heterocycles. The highest BCUT2D eigenvalue weighted by Gasteiger charge is 2.25. The first-order valence-electron chi connectivity index (χ1n) is 9.59. The van der Waals surface area contributed by atoms with Crippen LogP contribution in [0, 0.1) is 19.7 Å². The number of anilines is 1. The maximum Gasteiger partial charge on any atom is 0.259 e. The maximum absolute atomic E-state index is 13.8. The molecule has 1 aromatic carbocycles. The second-order valence-corrected chi connectivity index (χ2v) is 8.49. The summed E-state index contributed by atoms with van der Waals surface area (Å²) >= 11 is 1.52. The van der Waals surface area contributed by atoms with Crippen molar-refractivity contribution < 1.29 is 13.7 Å². The van der Waals surface area contributed by atoms with E-state index in [-0.39, 0.29) is 24.2 Å². The molecule has 0 atom stereocenters. The topological polar surface area (TPSA) is 72.1 Å². The van der Waals surface area contributed by atoms with Gasteiger partial charge in [0.1, 0.15) is 5.82 Å². The van der Waals surface area contributed by atoms with Crippen LogP contribution < -0.4 is 4.90 Å². The first-order valence-corrected chi connectivity index (χ1v) is 10.5. The van der Waals surface area contributed by atoms with Gasteiger partial charge in [-0.2, -0.15) is 0 Å². The van der Waals surface area contributed by atoms with Gasteiger partial charge in [0, 0.05) is 16.8 Å². The summed E-state index contributed by atoms with van der Waals surface area (Å²) in [7, 11) is 0. The number of rotatable bonds is 5. The van der Waals surface area contributed by atoms with Crippen LogP contribution in [0.15, 0.2) is 40.2 Å². The summed E-state index contributed by atoms with van der Waals surface area (Å²) in [5.74, 6) is -0.501. The molecule has 3 heterocycles. The van der Waals surface area contributed by atoms with Crippen molar-refractivity contribution in [1.29, 1.82) is 0 Å². The van der Waals surface area contributed by atoms with E-state index < -0.39 is 0 Å². The van der Waals surface area contributed by atoms with E-state index in [1.54, 1.807) is 30.0 Å². The lowest BCUT2D eigenvalue weighted by Gasteiger charge is -2.23. The summed E-state index contributed by atoms with van der Waals surface area (Å²) in [6, 6.07) is 7.66. The molecule has 0 bridgehead atoms. The van der Waals surface area contributed by atoms with Crippen LogP contribution in [-0.2, 0) is 6.54 Å². The van der Waals surface area contributed by atoms with Crippen LogP contribution in [0.4, 0.5) is 10.1 Å². The van der Waals surface area contributed by atoms with Crippen molar-refractivity contribution in [1.82, 2.24) is 15.1 Å². The number of amides is 1. The minimum atomic E-state index is -0.362. The van der Waals surface area contributed by atoms with Crippen LogP contribution >= 0.6 is 11.3 Å². The van der Waals surface area contributed by atoms with Crippen LogP contribution in [0.5, 0.6) is 0 Å². The largest absolute Gasteiger partial charge is 0.336 e. The molecule has 30 heavy (non-hydrogen) atoms. The lowest BCUT2D eigenvalue weighted by molar-refractivity contribution is 0.0986. The second kappa shape index (κ2) is 7.95. The molecule has 0 aliphatic heterocycles. The highest BCUT2D eigenvalue weighted by atomic mass is 32.1. The summed E-state index contributed by atoms with van der Waals surface area (Å²) in [4.78, 5) is 24.4. The number of pyridine rings is 1. The fourth-order valence-electron chi connectivity index (χ4n) is 3.27. The number of halogens is 1. The van der Waals surface area contributed by atoms with E-state index in [9.17, 15) is 9.18 Å². The fraction of sp³-hybridized carbons (Fsp3) is 0.273. The first kappa shape index (κ1) is 20.2. The van der Waals surface area contributed by atoms with Crippen molar-refractivity contribution in [2.45, 2.75) is 40.2 Å². The minimum Gasteiger partial charge on any atom is -0.336 e. The molecule has 0 unspecified atom stereocenters. The third kappa shape index (κ3) is 3.82. The van der Waals surface area contributed by atoms with E-state index in [0.29, 0.717) is 28.0 Å². The number of benzene rings is 1. The van der Waals surface area contributed by atoms with Crippen molar-refractivity contribution in [2.75, 3.05) is 4.90 Å². The lowest BCUT2D eigenvalue weighted by atomic mass is 10.0. The monoisotopic (exact) mass is 424 g/mol. The Morgan fingerprint density at radius 1 is 1.20 bits per heavy atom. The molecule has 4 rings (SSSR count). The highest BCUT2D eigenvalue weighted by Crippen LogP contribution is 2.29. The number of aromatic nitrogens is 3. The van der Waals surface area contributed by atoms with E-state index in [4.69, 9.17) is 4.52 Å². The Morgan fingerprint density at radius 2 is 1.93 bits per heavy atom. The van der Waals surface area contributed by atoms with E-state index >= 15 is 0 Å². The van der Waals surface area contributed by atoms with Crippen LogP contribution in [0.3, 0.4) is 0 Å². The number of nitrogens with zero attached hydrogens (tertiary/aromatic N) is 4. The van der Waals surface area contributed by atoms with Gasteiger partial charge >= 0.3 is 0 Å². The molecular formula is C22H21FN4O2S. The smallest absolute Gasteiger partial charge is 0.259 e. The lowest BCUT2D eigenvalue weighted by Crippen LogP contribution is -2.31. The Hall–Kier alpha value is -3.13. The average molecular weight is 425 g/mol. The molecule has 3 aromatic heterocycles. The van der Waals surface area contributed by atoms with Gasteiger partial charge in [-0.1, -0.05) is 19.0 Å². The molecule has 6 nitrogen and oxygen atoms in total. The SMILES string of the molecule is Cc1nc(CN(C(=O)c2cc(C(C)C)nc3onc(C)c23)c2ccc(F)cc2)cs1. The highest BCUT2D eigenvalue weighted by molar-refractivity contribution is 7.09. The van der Waals surface area contributed by atoms with Crippen molar-refractivity contribution in [2.24, 2.45) is 0 Å². The molecule has 0 aliphatic carbocycles. The molecule has 154 valence electrons. The molecule has 0 spiro atoms. The van der Waals surface area contributed by atoms with E-state index in [1.807, 2.05) is 26.2 Å². The van der Waals surface area contributed by atoms with Crippen molar-refractivity contribution >= 4 is 34.0 Å². The number of fused-ring (bicyclic) bond motifs is 1. The van der Waals surface area contributed by atoms with Crippen molar-refractivity contribution in [3.05, 3.63) is 69.2 Å². The molecule has 0 radical (unpaired) electrons. The van der Waals surface area contributed by atoms with Crippen LogP contribution in [0.25, 0.3) is 11.1 Å². The molecular weight excluding hydrogens is 403 g/mol. The van der Waals surface area contributed by atoms with Crippen LogP contribution in [0.1, 0.15) is 52.2 Å². The van der Waals surface area contributed by atoms with Gasteiger partial charge in [-0.15, -0.1) is 11.3 Å². The zero-order valence-corrected chi connectivity index (χ0v) is 18.0. The number of hydrogen-bond donors (Lipinski definition) is 0. The molecule has 1 amide bonds. The summed E-state index contributed by atoms with van der Waals surface area (Å²) in [5.41, 5.74) is 3.48. The molecule has 8 heteroatoms. The number of carbonyl (C=O) groups excluding carboxylic acids is 1. The first-order chi connectivity index (χ1) is 14.3. The Kier molecular flexibility index (Phi) is 5.34. The average Bonchev–Trinajstić information content (AvgIpc) is 3.31. The van der Waals surface area contributed by atoms with Gasteiger partial charge in [0.2, 0.25) is 0 Å². The second-order valence-electron chi connectivity index (χ2n) is 7.42. The van der Waals surface area contributed by atoms with Gasteiger partial charge < -0.3 is 9.42 Å². The van der Waals surface area contributed by atoms with Gasteiger partial charge in [-0.3, -0.25) is 4.79 Å². The number of aryl methyl sites for hydroxylation is 2. The Bertz CT molecular complexity index is 1210. The molecule has 0 N–H and O–H groups in total. The van der Waals surface area contributed by atoms with Gasteiger partial charge in [-0.25, -0.2) is 14.4 Å². The van der Waals surface area contributed by atoms with E-state index in [0.717, 1.165) is 16.4 Å². The minimum absolute atomic E-state index is 0.104. The van der Waals surface area contributed by atoms with Crippen LogP contribution in [-0.4, -0.2) is 21.0 Å². The fourth-order valence-corrected chi connectivity index (χ4v) is 3.87. The van der Waals surface area contributed by atoms with Crippen molar-refractivity contribution in [3.8, 4) is 0 Å². The van der Waals surface area contributed by atoms with Gasteiger partial charge in [0.15, 0.2) is 0 Å². The summed E-state index contributed by atoms with van der Waals surface area (Å²) in [5, 5.41) is 7.43. The van der Waals surface area contributed by atoms with E-state index in [1.165, 1.54) is 23.5 Å². The molecule has 4 aromatic rings.